The summed E-state index contributed by atoms with van der Waals surface area (Å²) in [4.78, 5) is 33.7. The summed E-state index contributed by atoms with van der Waals surface area (Å²) in [5.74, 6) is -0.581. The van der Waals surface area contributed by atoms with Crippen molar-refractivity contribution in [1.29, 1.82) is 0 Å². The Morgan fingerprint density at radius 1 is 1.02 bits per heavy atom. The first kappa shape index (κ1) is 25.9. The number of fused-ring (bicyclic) bond motifs is 1. The predicted molar refractivity (Wildman–Crippen MR) is 158 cm³/mol. The molecule has 6 nitrogen and oxygen atoms in total. The van der Waals surface area contributed by atoms with Crippen molar-refractivity contribution < 1.29 is 9.18 Å². The van der Waals surface area contributed by atoms with Gasteiger partial charge in [-0.05, 0) is 86.3 Å². The lowest BCUT2D eigenvalue weighted by molar-refractivity contribution is -0.113. The smallest absolute Gasteiger partial charge is 0.271 e. The number of carbonyl (C=O) groups excluding carboxylic acids is 1. The van der Waals surface area contributed by atoms with Gasteiger partial charge in [-0.15, -0.1) is 11.3 Å². The third kappa shape index (κ3) is 4.57. The van der Waals surface area contributed by atoms with Gasteiger partial charge < -0.3 is 9.88 Å². The van der Waals surface area contributed by atoms with Crippen LogP contribution in [-0.4, -0.2) is 15.0 Å². The second kappa shape index (κ2) is 10.3. The maximum Gasteiger partial charge on any atom is 0.271 e. The average Bonchev–Trinajstić information content (AvgIpc) is 3.64. The molecule has 0 saturated heterocycles. The van der Waals surface area contributed by atoms with Gasteiger partial charge in [0.15, 0.2) is 4.80 Å². The van der Waals surface area contributed by atoms with Gasteiger partial charge in [0, 0.05) is 27.6 Å². The fourth-order valence-corrected chi connectivity index (χ4v) is 6.97. The molecule has 0 radical (unpaired) electrons. The molecule has 1 unspecified atom stereocenters. The van der Waals surface area contributed by atoms with Crippen molar-refractivity contribution in [3.63, 3.8) is 0 Å². The Bertz CT molecular complexity index is 1950. The summed E-state index contributed by atoms with van der Waals surface area (Å²) in [7, 11) is 0. The van der Waals surface area contributed by atoms with Crippen LogP contribution in [0.3, 0.4) is 0 Å². The Morgan fingerprint density at radius 3 is 2.48 bits per heavy atom. The van der Waals surface area contributed by atoms with Crippen LogP contribution in [0, 0.1) is 19.7 Å². The van der Waals surface area contributed by atoms with Crippen LogP contribution in [0.25, 0.3) is 11.8 Å². The van der Waals surface area contributed by atoms with Gasteiger partial charge in [0.25, 0.3) is 11.5 Å². The molecule has 0 fully saturated rings. The number of hydrogen-bond acceptors (Lipinski definition) is 5. The highest BCUT2D eigenvalue weighted by atomic mass is 32.1. The number of thiazole rings is 1. The Morgan fingerprint density at radius 2 is 1.77 bits per heavy atom. The van der Waals surface area contributed by atoms with Crippen molar-refractivity contribution in [2.45, 2.75) is 26.8 Å². The molecule has 1 N–H and O–H groups in total. The summed E-state index contributed by atoms with van der Waals surface area (Å²) in [5.41, 5.74) is 5.13. The number of nitrogens with one attached hydrogen (secondary N) is 1. The van der Waals surface area contributed by atoms with E-state index in [1.165, 1.54) is 34.8 Å². The highest BCUT2D eigenvalue weighted by Gasteiger charge is 2.33. The van der Waals surface area contributed by atoms with Gasteiger partial charge in [-0.3, -0.25) is 14.2 Å². The first-order valence-electron chi connectivity index (χ1n) is 12.7. The van der Waals surface area contributed by atoms with Gasteiger partial charge in [0.05, 0.1) is 15.8 Å². The number of anilines is 1. The quantitative estimate of drug-likeness (QED) is 0.305. The second-order valence-electron chi connectivity index (χ2n) is 9.56. The predicted octanol–water partition coefficient (Wildman–Crippen LogP) is 5.48. The number of rotatable bonds is 5. The van der Waals surface area contributed by atoms with E-state index in [1.54, 1.807) is 16.7 Å². The summed E-state index contributed by atoms with van der Waals surface area (Å²) in [6.45, 7) is 5.77. The zero-order chi connectivity index (χ0) is 28.0. The van der Waals surface area contributed by atoms with E-state index in [2.05, 4.69) is 5.32 Å². The van der Waals surface area contributed by atoms with Gasteiger partial charge in [-0.2, -0.15) is 0 Å². The molecule has 0 spiro atoms. The minimum atomic E-state index is -0.589. The monoisotopic (exact) mass is 568 g/mol. The molecule has 200 valence electrons. The number of halogens is 1. The molecule has 1 atom stereocenters. The minimum absolute atomic E-state index is 0.203. The summed E-state index contributed by atoms with van der Waals surface area (Å²) in [6, 6.07) is 20.9. The normalized spacial score (nSPS) is 15.2. The fourth-order valence-electron chi connectivity index (χ4n) is 5.11. The van der Waals surface area contributed by atoms with Crippen molar-refractivity contribution in [3.8, 4) is 5.69 Å². The van der Waals surface area contributed by atoms with Gasteiger partial charge in [0.1, 0.15) is 11.9 Å². The average molecular weight is 569 g/mol. The van der Waals surface area contributed by atoms with Crippen molar-refractivity contribution in [2.75, 3.05) is 5.32 Å². The van der Waals surface area contributed by atoms with Crippen LogP contribution in [0.4, 0.5) is 10.1 Å². The lowest BCUT2D eigenvalue weighted by Crippen LogP contribution is -2.40. The van der Waals surface area contributed by atoms with Gasteiger partial charge >= 0.3 is 0 Å². The molecule has 0 saturated carbocycles. The zero-order valence-corrected chi connectivity index (χ0v) is 23.6. The van der Waals surface area contributed by atoms with E-state index in [0.29, 0.717) is 26.3 Å². The van der Waals surface area contributed by atoms with Gasteiger partial charge in [-0.25, -0.2) is 9.38 Å². The number of allylic oxidation sites excluding steroid dienone is 1. The zero-order valence-electron chi connectivity index (χ0n) is 22.0. The van der Waals surface area contributed by atoms with Crippen molar-refractivity contribution >= 4 is 40.3 Å². The van der Waals surface area contributed by atoms with E-state index in [0.717, 1.165) is 27.5 Å². The third-order valence-corrected chi connectivity index (χ3v) is 8.86. The highest BCUT2D eigenvalue weighted by molar-refractivity contribution is 7.10. The minimum Gasteiger partial charge on any atom is -0.322 e. The molecule has 4 heterocycles. The van der Waals surface area contributed by atoms with Crippen molar-refractivity contribution in [3.05, 3.63) is 137 Å². The lowest BCUT2D eigenvalue weighted by Gasteiger charge is -2.24. The first-order valence-corrected chi connectivity index (χ1v) is 14.4. The topological polar surface area (TPSA) is 68.4 Å². The number of nitrogens with zero attached hydrogens (tertiary/aromatic N) is 3. The van der Waals surface area contributed by atoms with Crippen LogP contribution < -0.4 is 20.2 Å². The number of aromatic nitrogens is 2. The molecule has 3 aromatic heterocycles. The molecular weight excluding hydrogens is 543 g/mol. The summed E-state index contributed by atoms with van der Waals surface area (Å²) in [5, 5.41) is 4.91. The number of benzene rings is 2. The number of thiophene rings is 1. The Labute approximate surface area is 237 Å². The first-order chi connectivity index (χ1) is 19.3. The van der Waals surface area contributed by atoms with E-state index in [9.17, 15) is 14.0 Å². The number of para-hydroxylation sites is 1. The highest BCUT2D eigenvalue weighted by Crippen LogP contribution is 2.33. The van der Waals surface area contributed by atoms with E-state index in [1.807, 2.05) is 85.3 Å². The summed E-state index contributed by atoms with van der Waals surface area (Å²) < 4.78 is 17.7. The number of amides is 1. The Balaban J connectivity index is 1.46. The van der Waals surface area contributed by atoms with Crippen LogP contribution >= 0.6 is 22.7 Å². The van der Waals surface area contributed by atoms with Crippen molar-refractivity contribution in [1.82, 2.24) is 9.13 Å². The van der Waals surface area contributed by atoms with Crippen LogP contribution in [0.1, 0.15) is 34.8 Å². The maximum absolute atomic E-state index is 14.0. The summed E-state index contributed by atoms with van der Waals surface area (Å²) >= 11 is 2.81. The molecule has 0 aliphatic carbocycles. The van der Waals surface area contributed by atoms with Crippen LogP contribution in [0.15, 0.2) is 99.2 Å². The molecule has 1 amide bonds. The van der Waals surface area contributed by atoms with E-state index >= 15 is 0 Å². The van der Waals surface area contributed by atoms with E-state index < -0.39 is 6.04 Å². The molecule has 6 rings (SSSR count). The van der Waals surface area contributed by atoms with E-state index in [4.69, 9.17) is 4.99 Å². The molecule has 0 bridgehead atoms. The standard InChI is InChI=1S/C31H25FN4O2S2/c1-18-16-21(20(3)35(18)24-13-11-22(32)12-14-24)17-26-30(38)36-28(25-10-7-15-39-25)27(19(2)33-31(36)40-26)29(37)34-23-8-5-4-6-9-23/h4-17,28H,1-3H3,(H,34,37)/b26-17+. The number of aryl methyl sites for hydroxylation is 1. The van der Waals surface area contributed by atoms with Crippen LogP contribution in [0.2, 0.25) is 0 Å². The Hall–Kier alpha value is -4.34. The molecule has 2 aromatic carbocycles. The molecule has 1 aliphatic heterocycles. The van der Waals surface area contributed by atoms with Crippen LogP contribution in [-0.2, 0) is 4.79 Å². The van der Waals surface area contributed by atoms with Gasteiger partial charge in [-0.1, -0.05) is 35.6 Å². The molecule has 5 aromatic rings. The van der Waals surface area contributed by atoms with E-state index in [-0.39, 0.29) is 17.3 Å². The maximum atomic E-state index is 14.0. The second-order valence-corrected chi connectivity index (χ2v) is 11.5. The fraction of sp³-hybridized carbons (Fsp3) is 0.129. The van der Waals surface area contributed by atoms with Crippen molar-refractivity contribution in [2.24, 2.45) is 4.99 Å². The van der Waals surface area contributed by atoms with Gasteiger partial charge in [0.2, 0.25) is 0 Å². The van der Waals surface area contributed by atoms with Crippen LogP contribution in [0.5, 0.6) is 0 Å². The lowest BCUT2D eigenvalue weighted by atomic mass is 10.0. The molecular formula is C31H25FN4O2S2. The number of hydrogen-bond donors (Lipinski definition) is 1. The Kier molecular flexibility index (Phi) is 6.69. The SMILES string of the molecule is CC1=C(C(=O)Nc2ccccc2)C(c2cccs2)n2c(s/c(=C/c3cc(C)n(-c4ccc(F)cc4)c3C)c2=O)=N1. The molecule has 1 aliphatic rings. The molecule has 9 heteroatoms. The largest absolute Gasteiger partial charge is 0.322 e. The summed E-state index contributed by atoms with van der Waals surface area (Å²) in [6.07, 6.45) is 1.88. The third-order valence-electron chi connectivity index (χ3n) is 6.95. The number of carbonyl (C=O) groups is 1. The molecule has 40 heavy (non-hydrogen) atoms.